The molecule has 1 aliphatic carbocycles. The Labute approximate surface area is 135 Å². The Morgan fingerprint density at radius 3 is 2.76 bits per heavy atom. The Bertz CT molecular complexity index is 541. The fourth-order valence-corrected chi connectivity index (χ4v) is 3.78. The van der Waals surface area contributed by atoms with Gasteiger partial charge >= 0.3 is 0 Å². The van der Waals surface area contributed by atoms with Crippen LogP contribution in [0.25, 0.3) is 0 Å². The molecule has 1 saturated heterocycles. The molecular formula is C14H19Cl2N3O2. The quantitative estimate of drug-likeness (QED) is 0.682. The highest BCUT2D eigenvalue weighted by atomic mass is 35.5. The van der Waals surface area contributed by atoms with Crippen LogP contribution in [0.4, 0.5) is 5.69 Å². The van der Waals surface area contributed by atoms with Crippen LogP contribution in [0.3, 0.4) is 0 Å². The molecule has 21 heavy (non-hydrogen) atoms. The first kappa shape index (κ1) is 16.5. The molecule has 2 fully saturated rings. The number of nitrogens with two attached hydrogens (primary N) is 1. The Morgan fingerprint density at radius 1 is 1.38 bits per heavy atom. The maximum absolute atomic E-state index is 10.7. The third-order valence-corrected chi connectivity index (χ3v) is 4.98. The van der Waals surface area contributed by atoms with E-state index in [0.717, 1.165) is 31.6 Å². The molecule has 0 bridgehead atoms. The monoisotopic (exact) mass is 331 g/mol. The number of hydrogen-bond donors (Lipinski definition) is 1. The van der Waals surface area contributed by atoms with Crippen molar-refractivity contribution >= 4 is 29.7 Å². The minimum absolute atomic E-state index is 0. The molecule has 2 N–H and O–H groups in total. The summed E-state index contributed by atoms with van der Waals surface area (Å²) in [6.45, 7) is 2.82. The summed E-state index contributed by atoms with van der Waals surface area (Å²) in [7, 11) is 0. The van der Waals surface area contributed by atoms with Crippen LogP contribution < -0.4 is 5.73 Å². The maximum atomic E-state index is 10.7. The highest BCUT2D eigenvalue weighted by Crippen LogP contribution is 2.38. The topological polar surface area (TPSA) is 72.4 Å². The first-order valence-corrected chi connectivity index (χ1v) is 7.33. The van der Waals surface area contributed by atoms with Gasteiger partial charge in [0.05, 0.1) is 9.95 Å². The normalized spacial score (nSPS) is 28.2. The van der Waals surface area contributed by atoms with Crippen LogP contribution in [0.5, 0.6) is 0 Å². The molecule has 3 atom stereocenters. The van der Waals surface area contributed by atoms with E-state index >= 15 is 0 Å². The van der Waals surface area contributed by atoms with Gasteiger partial charge in [-0.15, -0.1) is 12.4 Å². The van der Waals surface area contributed by atoms with Crippen molar-refractivity contribution in [3.05, 3.63) is 38.9 Å². The van der Waals surface area contributed by atoms with Crippen LogP contribution in [0, 0.1) is 22.0 Å². The number of nitro groups is 1. The van der Waals surface area contributed by atoms with Crippen molar-refractivity contribution in [2.45, 2.75) is 25.4 Å². The third-order valence-electron chi connectivity index (χ3n) is 4.63. The first-order valence-electron chi connectivity index (χ1n) is 6.95. The number of rotatable bonds is 3. The van der Waals surface area contributed by atoms with Crippen LogP contribution in [0.2, 0.25) is 5.02 Å². The van der Waals surface area contributed by atoms with E-state index in [2.05, 4.69) is 4.90 Å². The molecule has 116 valence electrons. The van der Waals surface area contributed by atoms with Gasteiger partial charge in [0.2, 0.25) is 0 Å². The van der Waals surface area contributed by atoms with Crippen molar-refractivity contribution in [3.63, 3.8) is 0 Å². The molecule has 0 amide bonds. The summed E-state index contributed by atoms with van der Waals surface area (Å²) in [5, 5.41) is 11.2. The second kappa shape index (κ2) is 6.48. The van der Waals surface area contributed by atoms with E-state index in [-0.39, 0.29) is 18.1 Å². The number of halogens is 2. The van der Waals surface area contributed by atoms with Gasteiger partial charge in [0.15, 0.2) is 0 Å². The van der Waals surface area contributed by atoms with Crippen LogP contribution >= 0.6 is 24.0 Å². The predicted molar refractivity (Wildman–Crippen MR) is 84.8 cm³/mol. The van der Waals surface area contributed by atoms with E-state index in [1.54, 1.807) is 6.07 Å². The van der Waals surface area contributed by atoms with E-state index in [9.17, 15) is 10.1 Å². The predicted octanol–water partition coefficient (Wildman–Crippen LogP) is 2.84. The molecule has 1 aliphatic heterocycles. The molecule has 1 saturated carbocycles. The zero-order valence-electron chi connectivity index (χ0n) is 11.6. The molecule has 2 aliphatic rings. The molecule has 3 rings (SSSR count). The summed E-state index contributed by atoms with van der Waals surface area (Å²) >= 11 is 6.15. The lowest BCUT2D eigenvalue weighted by atomic mass is 9.98. The van der Waals surface area contributed by atoms with E-state index in [4.69, 9.17) is 17.3 Å². The average Bonchev–Trinajstić information content (AvgIpc) is 2.94. The van der Waals surface area contributed by atoms with Crippen molar-refractivity contribution in [1.82, 2.24) is 4.90 Å². The largest absolute Gasteiger partial charge is 0.327 e. The van der Waals surface area contributed by atoms with E-state index in [1.807, 2.05) is 0 Å². The Hall–Kier alpha value is -0.880. The lowest BCUT2D eigenvalue weighted by molar-refractivity contribution is -0.384. The minimum atomic E-state index is -0.422. The van der Waals surface area contributed by atoms with Gasteiger partial charge in [0, 0.05) is 37.8 Å². The van der Waals surface area contributed by atoms with Crippen molar-refractivity contribution in [3.8, 4) is 0 Å². The molecule has 0 aromatic heterocycles. The summed E-state index contributed by atoms with van der Waals surface area (Å²) in [6, 6.07) is 5.04. The van der Waals surface area contributed by atoms with Gasteiger partial charge in [-0.25, -0.2) is 0 Å². The molecule has 0 radical (unpaired) electrons. The fourth-order valence-electron chi connectivity index (χ4n) is 3.55. The zero-order chi connectivity index (χ0) is 14.3. The van der Waals surface area contributed by atoms with Crippen LogP contribution in [0.15, 0.2) is 18.2 Å². The van der Waals surface area contributed by atoms with Gasteiger partial charge in [0.1, 0.15) is 0 Å². The second-order valence-corrected chi connectivity index (χ2v) is 6.30. The molecule has 1 aromatic rings. The number of nitrogens with zero attached hydrogens (tertiary/aromatic N) is 2. The van der Waals surface area contributed by atoms with E-state index in [0.29, 0.717) is 22.9 Å². The molecule has 1 heterocycles. The summed E-state index contributed by atoms with van der Waals surface area (Å²) in [5.74, 6) is 1.31. The lowest BCUT2D eigenvalue weighted by Gasteiger charge is -2.18. The third kappa shape index (κ3) is 3.31. The number of fused-ring (bicyclic) bond motifs is 1. The number of non-ortho nitro benzene ring substituents is 1. The second-order valence-electron chi connectivity index (χ2n) is 5.89. The van der Waals surface area contributed by atoms with E-state index < -0.39 is 4.92 Å². The van der Waals surface area contributed by atoms with Crippen molar-refractivity contribution in [2.24, 2.45) is 17.6 Å². The standard InChI is InChI=1S/C14H18ClN3O2.ClH/c15-13-5-11(18(19)20)3-1-10(13)7-17-6-9-2-4-14(16)12(9)8-17;/h1,3,5,9,12,14H,2,4,6-8,16H2;1H. The first-order chi connectivity index (χ1) is 9.54. The SMILES string of the molecule is Cl.NC1CCC2CN(Cc3ccc([N+](=O)[O-])cc3Cl)CC12. The highest BCUT2D eigenvalue weighted by molar-refractivity contribution is 6.31. The number of nitro benzene ring substituents is 1. The average molecular weight is 332 g/mol. The van der Waals surface area contributed by atoms with Crippen LogP contribution in [-0.2, 0) is 6.54 Å². The van der Waals surface area contributed by atoms with Gasteiger partial charge < -0.3 is 5.73 Å². The van der Waals surface area contributed by atoms with Gasteiger partial charge in [-0.2, -0.15) is 0 Å². The van der Waals surface area contributed by atoms with Gasteiger partial charge in [-0.1, -0.05) is 11.6 Å². The minimum Gasteiger partial charge on any atom is -0.327 e. The summed E-state index contributed by atoms with van der Waals surface area (Å²) in [6.07, 6.45) is 2.36. The van der Waals surface area contributed by atoms with Crippen molar-refractivity contribution < 1.29 is 4.92 Å². The lowest BCUT2D eigenvalue weighted by Crippen LogP contribution is -2.30. The molecule has 7 heteroatoms. The van der Waals surface area contributed by atoms with Crippen LogP contribution in [-0.4, -0.2) is 29.0 Å². The highest BCUT2D eigenvalue weighted by Gasteiger charge is 2.40. The Morgan fingerprint density at radius 2 is 2.14 bits per heavy atom. The summed E-state index contributed by atoms with van der Waals surface area (Å²) in [4.78, 5) is 12.6. The fraction of sp³-hybridized carbons (Fsp3) is 0.571. The summed E-state index contributed by atoms with van der Waals surface area (Å²) < 4.78 is 0. The van der Waals surface area contributed by atoms with Gasteiger partial charge in [-0.3, -0.25) is 15.0 Å². The summed E-state index contributed by atoms with van der Waals surface area (Å²) in [5.41, 5.74) is 7.12. The molecule has 1 aromatic carbocycles. The Kier molecular flexibility index (Phi) is 5.09. The zero-order valence-corrected chi connectivity index (χ0v) is 13.1. The number of hydrogen-bond acceptors (Lipinski definition) is 4. The number of likely N-dealkylation sites (tertiary alicyclic amines) is 1. The molecule has 3 unspecified atom stereocenters. The number of benzene rings is 1. The maximum Gasteiger partial charge on any atom is 0.270 e. The van der Waals surface area contributed by atoms with Crippen molar-refractivity contribution in [2.75, 3.05) is 13.1 Å². The van der Waals surface area contributed by atoms with Crippen LogP contribution in [0.1, 0.15) is 18.4 Å². The van der Waals surface area contributed by atoms with E-state index in [1.165, 1.54) is 18.6 Å². The molecule has 0 spiro atoms. The molecular weight excluding hydrogens is 313 g/mol. The smallest absolute Gasteiger partial charge is 0.270 e. The Balaban J connectivity index is 0.00000161. The van der Waals surface area contributed by atoms with Gasteiger partial charge in [-0.05, 0) is 36.3 Å². The van der Waals surface area contributed by atoms with Crippen molar-refractivity contribution in [1.29, 1.82) is 0 Å². The van der Waals surface area contributed by atoms with Gasteiger partial charge in [0.25, 0.3) is 5.69 Å². The molecule has 5 nitrogen and oxygen atoms in total.